The Morgan fingerprint density at radius 3 is 2.67 bits per heavy atom. The Morgan fingerprint density at radius 1 is 1.22 bits per heavy atom. The highest BCUT2D eigenvalue weighted by Gasteiger charge is 2.08. The van der Waals surface area contributed by atoms with Crippen molar-refractivity contribution < 1.29 is 0 Å². The van der Waals surface area contributed by atoms with Gasteiger partial charge in [-0.25, -0.2) is 9.98 Å². The van der Waals surface area contributed by atoms with E-state index in [9.17, 15) is 0 Å². The summed E-state index contributed by atoms with van der Waals surface area (Å²) in [6.45, 7) is 14.1. The first kappa shape index (κ1) is 23.5. The van der Waals surface area contributed by atoms with E-state index < -0.39 is 0 Å². The van der Waals surface area contributed by atoms with Crippen LogP contribution in [0.3, 0.4) is 0 Å². The maximum absolute atomic E-state index is 4.72. The summed E-state index contributed by atoms with van der Waals surface area (Å²) in [6, 6.07) is 8.69. The monoisotopic (exact) mass is 483 g/mol. The molecule has 0 fully saturated rings. The molecule has 0 saturated heterocycles. The fraction of sp³-hybridized carbons (Fsp3) is 0.524. The number of nitrogens with one attached hydrogen (secondary N) is 2. The zero-order chi connectivity index (χ0) is 18.9. The van der Waals surface area contributed by atoms with Gasteiger partial charge in [-0.2, -0.15) is 0 Å². The summed E-state index contributed by atoms with van der Waals surface area (Å²) in [5.74, 6) is 2.85. The smallest absolute Gasteiger partial charge is 0.191 e. The van der Waals surface area contributed by atoms with Crippen LogP contribution in [0.1, 0.15) is 50.6 Å². The molecule has 27 heavy (non-hydrogen) atoms. The van der Waals surface area contributed by atoms with Gasteiger partial charge in [0.15, 0.2) is 5.96 Å². The molecule has 2 aromatic rings. The Morgan fingerprint density at radius 2 is 2.00 bits per heavy atom. The van der Waals surface area contributed by atoms with Gasteiger partial charge in [0.2, 0.25) is 0 Å². The first-order valence-electron chi connectivity index (χ1n) is 9.58. The maximum atomic E-state index is 4.72. The molecule has 2 rings (SSSR count). The zero-order valence-electron chi connectivity index (χ0n) is 17.2. The minimum Gasteiger partial charge on any atom is -0.357 e. The van der Waals surface area contributed by atoms with Crippen molar-refractivity contribution in [1.29, 1.82) is 0 Å². The lowest BCUT2D eigenvalue weighted by Crippen LogP contribution is -2.39. The van der Waals surface area contributed by atoms with Gasteiger partial charge in [-0.05, 0) is 31.2 Å². The predicted molar refractivity (Wildman–Crippen MR) is 125 cm³/mol. The van der Waals surface area contributed by atoms with E-state index in [0.29, 0.717) is 18.4 Å². The number of aliphatic imine (C=N–C) groups is 1. The molecule has 0 aliphatic rings. The number of hydrogen-bond acceptors (Lipinski definition) is 2. The summed E-state index contributed by atoms with van der Waals surface area (Å²) in [4.78, 5) is 9.17. The number of aryl methyl sites for hydroxylation is 1. The molecule has 0 bridgehead atoms. The van der Waals surface area contributed by atoms with Gasteiger partial charge < -0.3 is 15.2 Å². The van der Waals surface area contributed by atoms with Gasteiger partial charge in [0, 0.05) is 32.0 Å². The van der Waals surface area contributed by atoms with E-state index in [2.05, 4.69) is 79.1 Å². The summed E-state index contributed by atoms with van der Waals surface area (Å²) in [7, 11) is 0. The molecule has 1 heterocycles. The molecule has 0 radical (unpaired) electrons. The largest absolute Gasteiger partial charge is 0.357 e. The summed E-state index contributed by atoms with van der Waals surface area (Å²) in [6.07, 6.45) is 3.89. The average Bonchev–Trinajstić information content (AvgIpc) is 3.03. The van der Waals surface area contributed by atoms with E-state index in [4.69, 9.17) is 4.99 Å². The molecular formula is C21H34IN5. The van der Waals surface area contributed by atoms with Crippen LogP contribution in [0, 0.1) is 12.8 Å². The number of imidazole rings is 1. The SMILES string of the molecule is CCNC(=NCc1nccn1CC(C)C)NCC(C)c1cccc(C)c1.I. The minimum atomic E-state index is 0. The molecular weight excluding hydrogens is 449 g/mol. The number of guanidine groups is 1. The Bertz CT molecular complexity index is 708. The van der Waals surface area contributed by atoms with Crippen molar-refractivity contribution in [2.24, 2.45) is 10.9 Å². The topological polar surface area (TPSA) is 54.2 Å². The Balaban J connectivity index is 0.00000364. The van der Waals surface area contributed by atoms with Crippen LogP contribution in [0.15, 0.2) is 41.7 Å². The number of benzene rings is 1. The van der Waals surface area contributed by atoms with Gasteiger partial charge in [0.1, 0.15) is 12.4 Å². The molecule has 5 nitrogen and oxygen atoms in total. The minimum absolute atomic E-state index is 0. The molecule has 2 N–H and O–H groups in total. The molecule has 1 aromatic heterocycles. The molecule has 6 heteroatoms. The fourth-order valence-corrected chi connectivity index (χ4v) is 2.89. The number of halogens is 1. The van der Waals surface area contributed by atoms with E-state index >= 15 is 0 Å². The maximum Gasteiger partial charge on any atom is 0.191 e. The molecule has 1 unspecified atom stereocenters. The molecule has 0 saturated carbocycles. The van der Waals surface area contributed by atoms with Gasteiger partial charge in [0.05, 0.1) is 0 Å². The summed E-state index contributed by atoms with van der Waals surface area (Å²) in [5.41, 5.74) is 2.65. The van der Waals surface area contributed by atoms with Crippen LogP contribution in [0.2, 0.25) is 0 Å². The van der Waals surface area contributed by atoms with Crippen molar-refractivity contribution in [3.8, 4) is 0 Å². The molecule has 0 aliphatic heterocycles. The van der Waals surface area contributed by atoms with Gasteiger partial charge in [-0.1, -0.05) is 50.6 Å². The second-order valence-corrected chi connectivity index (χ2v) is 7.28. The Labute approximate surface area is 181 Å². The van der Waals surface area contributed by atoms with Crippen molar-refractivity contribution in [2.75, 3.05) is 13.1 Å². The molecule has 1 atom stereocenters. The van der Waals surface area contributed by atoms with Gasteiger partial charge in [0.25, 0.3) is 0 Å². The van der Waals surface area contributed by atoms with E-state index in [1.807, 2.05) is 12.4 Å². The standard InChI is InChI=1S/C21H33N5.HI/c1-6-22-21(24-13-18(5)19-9-7-8-17(4)12-19)25-14-20-23-10-11-26(20)15-16(2)3;/h7-12,16,18H,6,13-15H2,1-5H3,(H2,22,24,25);1H. The summed E-state index contributed by atoms with van der Waals surface area (Å²) >= 11 is 0. The molecule has 150 valence electrons. The summed E-state index contributed by atoms with van der Waals surface area (Å²) in [5, 5.41) is 6.79. The number of nitrogens with zero attached hydrogens (tertiary/aromatic N) is 3. The normalized spacial score (nSPS) is 12.6. The Hall–Kier alpha value is -1.57. The van der Waals surface area contributed by atoms with Gasteiger partial charge in [-0.3, -0.25) is 0 Å². The van der Waals surface area contributed by atoms with Crippen molar-refractivity contribution >= 4 is 29.9 Å². The second kappa shape index (κ2) is 12.0. The molecule has 1 aromatic carbocycles. The molecule has 0 spiro atoms. The van der Waals surface area contributed by atoms with Crippen LogP contribution < -0.4 is 10.6 Å². The van der Waals surface area contributed by atoms with Crippen LogP contribution in [-0.2, 0) is 13.1 Å². The summed E-state index contributed by atoms with van der Waals surface area (Å²) < 4.78 is 2.19. The molecule has 0 amide bonds. The number of aromatic nitrogens is 2. The second-order valence-electron chi connectivity index (χ2n) is 7.28. The third-order valence-electron chi connectivity index (χ3n) is 4.27. The lowest BCUT2D eigenvalue weighted by atomic mass is 9.99. The van der Waals surface area contributed by atoms with Crippen molar-refractivity contribution in [2.45, 2.75) is 53.6 Å². The van der Waals surface area contributed by atoms with Crippen LogP contribution in [0.4, 0.5) is 0 Å². The van der Waals surface area contributed by atoms with Crippen molar-refractivity contribution in [3.63, 3.8) is 0 Å². The van der Waals surface area contributed by atoms with E-state index in [1.165, 1.54) is 11.1 Å². The lowest BCUT2D eigenvalue weighted by Gasteiger charge is -2.17. The van der Waals surface area contributed by atoms with Crippen LogP contribution in [0.5, 0.6) is 0 Å². The highest BCUT2D eigenvalue weighted by Crippen LogP contribution is 2.15. The van der Waals surface area contributed by atoms with E-state index in [-0.39, 0.29) is 24.0 Å². The number of hydrogen-bond donors (Lipinski definition) is 2. The lowest BCUT2D eigenvalue weighted by molar-refractivity contribution is 0.507. The van der Waals surface area contributed by atoms with Gasteiger partial charge in [-0.15, -0.1) is 24.0 Å². The van der Waals surface area contributed by atoms with Crippen LogP contribution >= 0.6 is 24.0 Å². The van der Waals surface area contributed by atoms with Crippen LogP contribution in [-0.4, -0.2) is 28.6 Å². The van der Waals surface area contributed by atoms with Crippen molar-refractivity contribution in [1.82, 2.24) is 20.2 Å². The van der Waals surface area contributed by atoms with Gasteiger partial charge >= 0.3 is 0 Å². The van der Waals surface area contributed by atoms with Crippen LogP contribution in [0.25, 0.3) is 0 Å². The average molecular weight is 483 g/mol. The van der Waals surface area contributed by atoms with E-state index in [1.54, 1.807) is 0 Å². The fourth-order valence-electron chi connectivity index (χ4n) is 2.89. The quantitative estimate of drug-likeness (QED) is 0.334. The first-order valence-corrected chi connectivity index (χ1v) is 9.58. The third-order valence-corrected chi connectivity index (χ3v) is 4.27. The third kappa shape index (κ3) is 7.91. The number of rotatable bonds is 8. The first-order chi connectivity index (χ1) is 12.5. The zero-order valence-corrected chi connectivity index (χ0v) is 19.5. The van der Waals surface area contributed by atoms with Crippen molar-refractivity contribution in [3.05, 3.63) is 53.6 Å². The van der Waals surface area contributed by atoms with E-state index in [0.717, 1.165) is 31.4 Å². The Kier molecular flexibility index (Phi) is 10.4. The highest BCUT2D eigenvalue weighted by atomic mass is 127. The predicted octanol–water partition coefficient (Wildman–Crippen LogP) is 4.32. The molecule has 0 aliphatic carbocycles. The highest BCUT2D eigenvalue weighted by molar-refractivity contribution is 14.0.